The largest absolute Gasteiger partial charge is 0.240 e. The molecule has 0 spiro atoms. The van der Waals surface area contributed by atoms with Crippen molar-refractivity contribution in [2.45, 2.75) is 26.7 Å². The highest BCUT2D eigenvalue weighted by Gasteiger charge is 2.20. The number of nitriles is 1. The lowest BCUT2D eigenvalue weighted by atomic mass is 9.89. The van der Waals surface area contributed by atoms with Gasteiger partial charge in [-0.15, -0.1) is 0 Å². The van der Waals surface area contributed by atoms with Crippen LogP contribution in [0.4, 0.5) is 0 Å². The van der Waals surface area contributed by atoms with Crippen LogP contribution in [-0.4, -0.2) is 9.97 Å². The molecule has 0 aliphatic carbocycles. The number of rotatable bonds is 2. The van der Waals surface area contributed by atoms with Gasteiger partial charge in [0.1, 0.15) is 11.7 Å². The van der Waals surface area contributed by atoms with Crippen LogP contribution >= 0.6 is 0 Å². The Morgan fingerprint density at radius 2 is 1.61 bits per heavy atom. The molecular weight excluding hydrogens is 222 g/mol. The van der Waals surface area contributed by atoms with E-state index < -0.39 is 5.92 Å². The Morgan fingerprint density at radius 3 is 2.11 bits per heavy atom. The van der Waals surface area contributed by atoms with Crippen molar-refractivity contribution in [3.05, 3.63) is 58.7 Å². The average Bonchev–Trinajstić information content (AvgIpc) is 2.34. The molecule has 2 aromatic rings. The van der Waals surface area contributed by atoms with E-state index in [1.54, 1.807) is 18.5 Å². The van der Waals surface area contributed by atoms with E-state index in [0.717, 1.165) is 16.7 Å². The van der Waals surface area contributed by atoms with E-state index in [9.17, 15) is 5.26 Å². The molecule has 0 amide bonds. The predicted molar refractivity (Wildman–Crippen MR) is 70.1 cm³/mol. The maximum atomic E-state index is 9.42. The fourth-order valence-electron chi connectivity index (χ4n) is 2.36. The SMILES string of the molecule is Cc1cc(C)c(C(C#N)c2ncccn2)c(C)c1. The van der Waals surface area contributed by atoms with Crippen molar-refractivity contribution in [3.8, 4) is 6.07 Å². The quantitative estimate of drug-likeness (QED) is 0.806. The Morgan fingerprint density at radius 1 is 1.06 bits per heavy atom. The van der Waals surface area contributed by atoms with Crippen LogP contribution in [0.25, 0.3) is 0 Å². The fourth-order valence-corrected chi connectivity index (χ4v) is 2.36. The number of hydrogen-bond donors (Lipinski definition) is 0. The molecule has 90 valence electrons. The summed E-state index contributed by atoms with van der Waals surface area (Å²) in [6.45, 7) is 6.12. The average molecular weight is 237 g/mol. The predicted octanol–water partition coefficient (Wildman–Crippen LogP) is 3.06. The van der Waals surface area contributed by atoms with Gasteiger partial charge in [-0.1, -0.05) is 17.7 Å². The zero-order valence-electron chi connectivity index (χ0n) is 10.8. The summed E-state index contributed by atoms with van der Waals surface area (Å²) >= 11 is 0. The van der Waals surface area contributed by atoms with Crippen molar-refractivity contribution in [2.24, 2.45) is 0 Å². The molecule has 1 aromatic heterocycles. The van der Waals surface area contributed by atoms with Crippen molar-refractivity contribution in [1.29, 1.82) is 5.26 Å². The van der Waals surface area contributed by atoms with Crippen molar-refractivity contribution < 1.29 is 0 Å². The Bertz CT molecular complexity index is 574. The molecule has 2 rings (SSSR count). The first-order valence-corrected chi connectivity index (χ1v) is 5.87. The lowest BCUT2D eigenvalue weighted by Crippen LogP contribution is -2.07. The zero-order valence-corrected chi connectivity index (χ0v) is 10.8. The van der Waals surface area contributed by atoms with Crippen LogP contribution in [-0.2, 0) is 0 Å². The van der Waals surface area contributed by atoms with Gasteiger partial charge in [-0.25, -0.2) is 9.97 Å². The van der Waals surface area contributed by atoms with Crippen LogP contribution in [0.15, 0.2) is 30.6 Å². The second-order valence-corrected chi connectivity index (χ2v) is 4.48. The van der Waals surface area contributed by atoms with E-state index in [0.29, 0.717) is 5.82 Å². The monoisotopic (exact) mass is 237 g/mol. The normalized spacial score (nSPS) is 11.9. The first kappa shape index (κ1) is 12.3. The van der Waals surface area contributed by atoms with Crippen LogP contribution in [0.5, 0.6) is 0 Å². The molecule has 0 aliphatic heterocycles. The summed E-state index contributed by atoms with van der Waals surface area (Å²) in [4.78, 5) is 8.39. The standard InChI is InChI=1S/C15H15N3/c1-10-7-11(2)14(12(3)8-10)13(9-16)15-17-5-4-6-18-15/h4-8,13H,1-3H3. The molecular formula is C15H15N3. The van der Waals surface area contributed by atoms with Gasteiger partial charge < -0.3 is 0 Å². The van der Waals surface area contributed by atoms with E-state index >= 15 is 0 Å². The first-order valence-electron chi connectivity index (χ1n) is 5.87. The Balaban J connectivity index is 2.57. The lowest BCUT2D eigenvalue weighted by Gasteiger charge is -2.15. The van der Waals surface area contributed by atoms with Gasteiger partial charge in [0.25, 0.3) is 0 Å². The molecule has 0 bridgehead atoms. The minimum Gasteiger partial charge on any atom is -0.240 e. The van der Waals surface area contributed by atoms with Crippen molar-refractivity contribution in [2.75, 3.05) is 0 Å². The third kappa shape index (κ3) is 2.23. The first-order chi connectivity index (χ1) is 8.63. The van der Waals surface area contributed by atoms with Gasteiger partial charge in [0.15, 0.2) is 0 Å². The highest BCUT2D eigenvalue weighted by atomic mass is 14.9. The minimum absolute atomic E-state index is 0.396. The zero-order chi connectivity index (χ0) is 13.1. The summed E-state index contributed by atoms with van der Waals surface area (Å²) in [7, 11) is 0. The van der Waals surface area contributed by atoms with Crippen LogP contribution in [0.2, 0.25) is 0 Å². The second-order valence-electron chi connectivity index (χ2n) is 4.48. The lowest BCUT2D eigenvalue weighted by molar-refractivity contribution is 0.874. The van der Waals surface area contributed by atoms with E-state index in [1.807, 2.05) is 13.8 Å². The van der Waals surface area contributed by atoms with Gasteiger partial charge in [-0.05, 0) is 43.5 Å². The molecule has 0 saturated heterocycles. The molecule has 1 atom stereocenters. The smallest absolute Gasteiger partial charge is 0.149 e. The number of aryl methyl sites for hydroxylation is 3. The van der Waals surface area contributed by atoms with Gasteiger partial charge >= 0.3 is 0 Å². The van der Waals surface area contributed by atoms with Gasteiger partial charge in [0, 0.05) is 12.4 Å². The molecule has 0 radical (unpaired) electrons. The third-order valence-electron chi connectivity index (χ3n) is 3.00. The number of hydrogen-bond acceptors (Lipinski definition) is 3. The van der Waals surface area contributed by atoms with E-state index in [2.05, 4.69) is 35.1 Å². The maximum Gasteiger partial charge on any atom is 0.149 e. The molecule has 3 heteroatoms. The topological polar surface area (TPSA) is 49.6 Å². The van der Waals surface area contributed by atoms with Crippen molar-refractivity contribution >= 4 is 0 Å². The van der Waals surface area contributed by atoms with Crippen LogP contribution in [0.1, 0.15) is 34.0 Å². The fraction of sp³-hybridized carbons (Fsp3) is 0.267. The Labute approximate surface area is 107 Å². The van der Waals surface area contributed by atoms with Crippen LogP contribution in [0.3, 0.4) is 0 Å². The molecule has 0 saturated carbocycles. The third-order valence-corrected chi connectivity index (χ3v) is 3.00. The molecule has 1 heterocycles. The summed E-state index contributed by atoms with van der Waals surface area (Å²) in [5.74, 6) is 0.168. The van der Waals surface area contributed by atoms with Crippen LogP contribution < -0.4 is 0 Å². The van der Waals surface area contributed by atoms with E-state index in [1.165, 1.54) is 5.56 Å². The van der Waals surface area contributed by atoms with E-state index in [4.69, 9.17) is 0 Å². The highest BCUT2D eigenvalue weighted by molar-refractivity contribution is 5.45. The second kappa shape index (κ2) is 4.97. The number of benzene rings is 1. The summed E-state index contributed by atoms with van der Waals surface area (Å²) < 4.78 is 0. The highest BCUT2D eigenvalue weighted by Crippen LogP contribution is 2.28. The van der Waals surface area contributed by atoms with Gasteiger partial charge in [0.2, 0.25) is 0 Å². The Kier molecular flexibility index (Phi) is 3.38. The van der Waals surface area contributed by atoms with Gasteiger partial charge in [-0.2, -0.15) is 5.26 Å². The molecule has 18 heavy (non-hydrogen) atoms. The number of nitrogens with zero attached hydrogens (tertiary/aromatic N) is 3. The van der Waals surface area contributed by atoms with Gasteiger partial charge in [-0.3, -0.25) is 0 Å². The van der Waals surface area contributed by atoms with Crippen molar-refractivity contribution in [3.63, 3.8) is 0 Å². The molecule has 0 N–H and O–H groups in total. The summed E-state index contributed by atoms with van der Waals surface area (Å²) in [5.41, 5.74) is 4.46. The van der Waals surface area contributed by atoms with Gasteiger partial charge in [0.05, 0.1) is 6.07 Å². The summed E-state index contributed by atoms with van der Waals surface area (Å²) in [6.07, 6.45) is 3.34. The minimum atomic E-state index is -0.396. The maximum absolute atomic E-state index is 9.42. The number of aromatic nitrogens is 2. The summed E-state index contributed by atoms with van der Waals surface area (Å²) in [5, 5.41) is 9.42. The summed E-state index contributed by atoms with van der Waals surface area (Å²) in [6, 6.07) is 8.25. The molecule has 0 fully saturated rings. The van der Waals surface area contributed by atoms with Crippen molar-refractivity contribution in [1.82, 2.24) is 9.97 Å². The molecule has 3 nitrogen and oxygen atoms in total. The van der Waals surface area contributed by atoms with Crippen LogP contribution in [0, 0.1) is 32.1 Å². The molecule has 1 aromatic carbocycles. The molecule has 1 unspecified atom stereocenters. The van der Waals surface area contributed by atoms with E-state index in [-0.39, 0.29) is 0 Å². The molecule has 0 aliphatic rings. The Hall–Kier alpha value is -2.21.